The molecule has 0 saturated heterocycles. The molecule has 0 aliphatic carbocycles. The van der Waals surface area contributed by atoms with Crippen LogP contribution in [0.4, 0.5) is 0 Å². The van der Waals surface area contributed by atoms with Crippen molar-refractivity contribution in [3.8, 4) is 11.5 Å². The lowest BCUT2D eigenvalue weighted by Crippen LogP contribution is -2.00. The highest BCUT2D eigenvalue weighted by atomic mass is 16.5. The molecule has 4 nitrogen and oxygen atoms in total. The molecule has 0 saturated carbocycles. The van der Waals surface area contributed by atoms with Gasteiger partial charge in [-0.05, 0) is 48.9 Å². The summed E-state index contributed by atoms with van der Waals surface area (Å²) < 4.78 is 11.0. The molecule has 0 atom stereocenters. The zero-order valence-corrected chi connectivity index (χ0v) is 12.6. The second-order valence-corrected chi connectivity index (χ2v) is 4.69. The first-order valence-corrected chi connectivity index (χ1v) is 6.90. The second-order valence-electron chi connectivity index (χ2n) is 4.69. The van der Waals surface area contributed by atoms with Crippen molar-refractivity contribution in [2.24, 2.45) is 0 Å². The third-order valence-electron chi connectivity index (χ3n) is 3.16. The first-order valence-electron chi connectivity index (χ1n) is 6.90. The van der Waals surface area contributed by atoms with Crippen molar-refractivity contribution >= 4 is 12.0 Å². The van der Waals surface area contributed by atoms with Gasteiger partial charge in [0.25, 0.3) is 0 Å². The van der Waals surface area contributed by atoms with E-state index < -0.39 is 5.97 Å². The number of carboxylic acid groups (broad SMARTS) is 1. The van der Waals surface area contributed by atoms with Crippen LogP contribution in [-0.2, 0) is 6.61 Å². The number of hydrogen-bond donors (Lipinski definition) is 1. The number of methoxy groups -OCH3 is 1. The van der Waals surface area contributed by atoms with Gasteiger partial charge in [0.15, 0.2) is 0 Å². The molecule has 0 aliphatic rings. The van der Waals surface area contributed by atoms with Gasteiger partial charge in [0, 0.05) is 5.56 Å². The average molecular weight is 298 g/mol. The van der Waals surface area contributed by atoms with E-state index in [1.807, 2.05) is 37.3 Å². The number of benzene rings is 2. The standard InChI is InChI=1S/C18H18O4/c1-3-4-13-5-10-17(21-2)15(11-13)12-22-16-8-6-14(7-9-16)18(19)20/h3-11H,12H2,1-2H3,(H,19,20). The Morgan fingerprint density at radius 3 is 2.50 bits per heavy atom. The number of rotatable bonds is 6. The molecule has 2 aromatic rings. The number of allylic oxidation sites excluding steroid dienone is 1. The molecule has 0 heterocycles. The van der Waals surface area contributed by atoms with Crippen molar-refractivity contribution in [2.45, 2.75) is 13.5 Å². The topological polar surface area (TPSA) is 55.8 Å². The van der Waals surface area contributed by atoms with E-state index in [1.54, 1.807) is 19.2 Å². The minimum absolute atomic E-state index is 0.236. The summed E-state index contributed by atoms with van der Waals surface area (Å²) in [5, 5.41) is 8.87. The Morgan fingerprint density at radius 2 is 1.91 bits per heavy atom. The van der Waals surface area contributed by atoms with Gasteiger partial charge in [-0.3, -0.25) is 0 Å². The number of carbonyl (C=O) groups is 1. The number of ether oxygens (including phenoxy) is 2. The zero-order chi connectivity index (χ0) is 15.9. The average Bonchev–Trinajstić information content (AvgIpc) is 2.54. The molecule has 0 spiro atoms. The Hall–Kier alpha value is -2.75. The first kappa shape index (κ1) is 15.6. The maximum atomic E-state index is 10.8. The molecule has 0 fully saturated rings. The summed E-state index contributed by atoms with van der Waals surface area (Å²) in [6, 6.07) is 12.2. The SMILES string of the molecule is CC=Cc1ccc(OC)c(COc2ccc(C(=O)O)cc2)c1. The highest BCUT2D eigenvalue weighted by Crippen LogP contribution is 2.23. The highest BCUT2D eigenvalue weighted by molar-refractivity contribution is 5.87. The molecule has 0 amide bonds. The second kappa shape index (κ2) is 7.31. The summed E-state index contributed by atoms with van der Waals surface area (Å²) in [7, 11) is 1.62. The molecule has 1 N–H and O–H groups in total. The van der Waals surface area contributed by atoms with Crippen molar-refractivity contribution in [3.05, 3.63) is 65.2 Å². The molecule has 2 aromatic carbocycles. The van der Waals surface area contributed by atoms with Crippen LogP contribution in [-0.4, -0.2) is 18.2 Å². The maximum Gasteiger partial charge on any atom is 0.335 e. The predicted octanol–water partition coefficient (Wildman–Crippen LogP) is 4.01. The smallest absolute Gasteiger partial charge is 0.335 e. The molecule has 0 aliphatic heterocycles. The molecule has 0 unspecified atom stereocenters. The van der Waals surface area contributed by atoms with Gasteiger partial charge in [-0.15, -0.1) is 0 Å². The third kappa shape index (κ3) is 3.88. The minimum Gasteiger partial charge on any atom is -0.496 e. The minimum atomic E-state index is -0.952. The molecule has 114 valence electrons. The van der Waals surface area contributed by atoms with Gasteiger partial charge in [-0.25, -0.2) is 4.79 Å². The number of aromatic carboxylic acids is 1. The van der Waals surface area contributed by atoms with Crippen LogP contribution in [0.1, 0.15) is 28.4 Å². The van der Waals surface area contributed by atoms with Crippen molar-refractivity contribution in [3.63, 3.8) is 0 Å². The molecular weight excluding hydrogens is 280 g/mol. The van der Waals surface area contributed by atoms with E-state index >= 15 is 0 Å². The molecular formula is C18H18O4. The summed E-state index contributed by atoms with van der Waals surface area (Å²) >= 11 is 0. The molecule has 22 heavy (non-hydrogen) atoms. The van der Waals surface area contributed by atoms with Crippen molar-refractivity contribution in [1.29, 1.82) is 0 Å². The number of hydrogen-bond acceptors (Lipinski definition) is 3. The van der Waals surface area contributed by atoms with Crippen LogP contribution in [0, 0.1) is 0 Å². The largest absolute Gasteiger partial charge is 0.496 e. The van der Waals surface area contributed by atoms with Gasteiger partial charge in [-0.1, -0.05) is 18.2 Å². The summed E-state index contributed by atoms with van der Waals surface area (Å²) in [6.07, 6.45) is 3.97. The molecule has 0 bridgehead atoms. The molecule has 0 aromatic heterocycles. The normalized spacial score (nSPS) is 10.6. The van der Waals surface area contributed by atoms with Gasteiger partial charge < -0.3 is 14.6 Å². The van der Waals surface area contributed by atoms with E-state index in [9.17, 15) is 4.79 Å². The van der Waals surface area contributed by atoms with Crippen LogP contribution in [0.2, 0.25) is 0 Å². The maximum absolute atomic E-state index is 10.8. The van der Waals surface area contributed by atoms with Crippen molar-refractivity contribution in [1.82, 2.24) is 0 Å². The van der Waals surface area contributed by atoms with Crippen LogP contribution in [0.15, 0.2) is 48.5 Å². The van der Waals surface area contributed by atoms with Gasteiger partial charge in [-0.2, -0.15) is 0 Å². The van der Waals surface area contributed by atoms with E-state index in [2.05, 4.69) is 0 Å². The highest BCUT2D eigenvalue weighted by Gasteiger charge is 2.06. The van der Waals surface area contributed by atoms with Crippen molar-refractivity contribution < 1.29 is 19.4 Å². The van der Waals surface area contributed by atoms with Crippen LogP contribution >= 0.6 is 0 Å². The van der Waals surface area contributed by atoms with E-state index in [0.717, 1.165) is 16.9 Å². The van der Waals surface area contributed by atoms with E-state index in [1.165, 1.54) is 12.1 Å². The van der Waals surface area contributed by atoms with Crippen LogP contribution < -0.4 is 9.47 Å². The van der Waals surface area contributed by atoms with E-state index in [4.69, 9.17) is 14.6 Å². The molecule has 4 heteroatoms. The van der Waals surface area contributed by atoms with Gasteiger partial charge in [0.2, 0.25) is 0 Å². The van der Waals surface area contributed by atoms with Gasteiger partial charge in [0.05, 0.1) is 12.7 Å². The summed E-state index contributed by atoms with van der Waals surface area (Å²) in [5.41, 5.74) is 2.24. The quantitative estimate of drug-likeness (QED) is 0.875. The molecule has 2 rings (SSSR count). The van der Waals surface area contributed by atoms with Crippen LogP contribution in [0.5, 0.6) is 11.5 Å². The lowest BCUT2D eigenvalue weighted by atomic mass is 10.1. The van der Waals surface area contributed by atoms with Gasteiger partial charge >= 0.3 is 5.97 Å². The van der Waals surface area contributed by atoms with E-state index in [0.29, 0.717) is 12.4 Å². The first-order chi connectivity index (χ1) is 10.6. The lowest BCUT2D eigenvalue weighted by Gasteiger charge is -2.11. The fraction of sp³-hybridized carbons (Fsp3) is 0.167. The Morgan fingerprint density at radius 1 is 1.18 bits per heavy atom. The van der Waals surface area contributed by atoms with Crippen LogP contribution in [0.3, 0.4) is 0 Å². The fourth-order valence-electron chi connectivity index (χ4n) is 2.06. The summed E-state index contributed by atoms with van der Waals surface area (Å²) in [5.74, 6) is 0.422. The third-order valence-corrected chi connectivity index (χ3v) is 3.16. The zero-order valence-electron chi connectivity index (χ0n) is 12.6. The summed E-state index contributed by atoms with van der Waals surface area (Å²) in [4.78, 5) is 10.8. The Balaban J connectivity index is 2.12. The predicted molar refractivity (Wildman–Crippen MR) is 85.4 cm³/mol. The monoisotopic (exact) mass is 298 g/mol. The fourth-order valence-corrected chi connectivity index (χ4v) is 2.06. The molecule has 0 radical (unpaired) electrons. The lowest BCUT2D eigenvalue weighted by molar-refractivity contribution is 0.0697. The Labute approximate surface area is 129 Å². The van der Waals surface area contributed by atoms with Crippen LogP contribution in [0.25, 0.3) is 6.08 Å². The Bertz CT molecular complexity index is 672. The van der Waals surface area contributed by atoms with Crippen molar-refractivity contribution in [2.75, 3.05) is 7.11 Å². The number of carboxylic acids is 1. The summed E-state index contributed by atoms with van der Waals surface area (Å²) in [6.45, 7) is 2.31. The van der Waals surface area contributed by atoms with E-state index in [-0.39, 0.29) is 5.56 Å². The van der Waals surface area contributed by atoms with Gasteiger partial charge in [0.1, 0.15) is 18.1 Å². The Kier molecular flexibility index (Phi) is 5.20.